The summed E-state index contributed by atoms with van der Waals surface area (Å²) in [5.74, 6) is -0.987. The van der Waals surface area contributed by atoms with Crippen LogP contribution in [0.25, 0.3) is 5.69 Å². The molecule has 0 bridgehead atoms. The van der Waals surface area contributed by atoms with Crippen LogP contribution in [0.4, 0.5) is 4.39 Å². The first-order chi connectivity index (χ1) is 8.50. The number of hydrogen-bond donors (Lipinski definition) is 2. The van der Waals surface area contributed by atoms with Gasteiger partial charge in [0, 0.05) is 17.8 Å². The number of primary amides is 1. The van der Waals surface area contributed by atoms with E-state index in [1.54, 1.807) is 19.1 Å². The Labute approximate surface area is 103 Å². The third-order valence-electron chi connectivity index (χ3n) is 2.60. The second-order valence-electron chi connectivity index (χ2n) is 4.00. The molecule has 0 saturated carbocycles. The molecule has 0 fully saturated rings. The SMILES string of the molecule is C[C@H](N)c1c(F)cccc1-n1cc(C(N)=O)cn1. The van der Waals surface area contributed by atoms with E-state index in [4.69, 9.17) is 11.5 Å². The van der Waals surface area contributed by atoms with Crippen molar-refractivity contribution in [2.45, 2.75) is 13.0 Å². The molecule has 0 saturated heterocycles. The summed E-state index contributed by atoms with van der Waals surface area (Å²) in [6.45, 7) is 1.68. The maximum atomic E-state index is 13.7. The molecular formula is C12H13FN4O. The number of aromatic nitrogens is 2. The summed E-state index contributed by atoms with van der Waals surface area (Å²) in [6.07, 6.45) is 2.78. The number of carbonyl (C=O) groups is 1. The van der Waals surface area contributed by atoms with Crippen molar-refractivity contribution in [1.29, 1.82) is 0 Å². The second-order valence-corrected chi connectivity index (χ2v) is 4.00. The second kappa shape index (κ2) is 4.58. The van der Waals surface area contributed by atoms with Gasteiger partial charge in [0.2, 0.25) is 0 Å². The van der Waals surface area contributed by atoms with Gasteiger partial charge >= 0.3 is 0 Å². The predicted octanol–water partition coefficient (Wildman–Crippen LogP) is 1.13. The minimum atomic E-state index is -0.583. The smallest absolute Gasteiger partial charge is 0.251 e. The van der Waals surface area contributed by atoms with E-state index in [9.17, 15) is 9.18 Å². The fourth-order valence-electron chi connectivity index (χ4n) is 1.76. The van der Waals surface area contributed by atoms with E-state index in [-0.39, 0.29) is 5.56 Å². The van der Waals surface area contributed by atoms with Gasteiger partial charge in [0.25, 0.3) is 5.91 Å². The standard InChI is InChI=1S/C12H13FN4O/c1-7(14)11-9(13)3-2-4-10(11)17-6-8(5-16-17)12(15)18/h2-7H,14H2,1H3,(H2,15,18)/t7-/m0/s1. The molecule has 18 heavy (non-hydrogen) atoms. The van der Waals surface area contributed by atoms with Gasteiger partial charge in [-0.05, 0) is 19.1 Å². The van der Waals surface area contributed by atoms with Gasteiger partial charge in [-0.15, -0.1) is 0 Å². The lowest BCUT2D eigenvalue weighted by atomic mass is 10.1. The molecule has 0 radical (unpaired) electrons. The van der Waals surface area contributed by atoms with Gasteiger partial charge in [-0.25, -0.2) is 9.07 Å². The minimum Gasteiger partial charge on any atom is -0.366 e. The zero-order valence-corrected chi connectivity index (χ0v) is 9.80. The Balaban J connectivity index is 2.56. The van der Waals surface area contributed by atoms with Crippen LogP contribution < -0.4 is 11.5 Å². The topological polar surface area (TPSA) is 86.9 Å². The zero-order chi connectivity index (χ0) is 13.3. The Bertz CT molecular complexity index is 592. The number of nitrogens with two attached hydrogens (primary N) is 2. The maximum Gasteiger partial charge on any atom is 0.251 e. The Morgan fingerprint density at radius 1 is 1.50 bits per heavy atom. The first-order valence-corrected chi connectivity index (χ1v) is 5.39. The molecule has 0 unspecified atom stereocenters. The molecule has 6 heteroatoms. The Morgan fingerprint density at radius 2 is 2.22 bits per heavy atom. The van der Waals surface area contributed by atoms with Crippen molar-refractivity contribution < 1.29 is 9.18 Å². The van der Waals surface area contributed by atoms with Crippen LogP contribution in [0.3, 0.4) is 0 Å². The number of nitrogens with zero attached hydrogens (tertiary/aromatic N) is 2. The lowest BCUT2D eigenvalue weighted by Gasteiger charge is -2.13. The van der Waals surface area contributed by atoms with Crippen LogP contribution in [0.1, 0.15) is 28.9 Å². The van der Waals surface area contributed by atoms with E-state index in [1.807, 2.05) is 0 Å². The summed E-state index contributed by atoms with van der Waals surface area (Å²) in [4.78, 5) is 11.0. The molecule has 1 heterocycles. The van der Waals surface area contributed by atoms with Crippen LogP contribution in [0, 0.1) is 5.82 Å². The van der Waals surface area contributed by atoms with Gasteiger partial charge in [0.05, 0.1) is 17.4 Å². The van der Waals surface area contributed by atoms with Crippen LogP contribution in [0.2, 0.25) is 0 Å². The molecule has 5 nitrogen and oxygen atoms in total. The molecule has 2 aromatic rings. The Kier molecular flexibility index (Phi) is 3.12. The van der Waals surface area contributed by atoms with E-state index in [0.29, 0.717) is 11.3 Å². The van der Waals surface area contributed by atoms with Crippen molar-refractivity contribution in [3.05, 3.63) is 47.5 Å². The van der Waals surface area contributed by atoms with Crippen molar-refractivity contribution in [3.63, 3.8) is 0 Å². The van der Waals surface area contributed by atoms with Crippen molar-refractivity contribution in [3.8, 4) is 5.69 Å². The lowest BCUT2D eigenvalue weighted by molar-refractivity contribution is 0.100. The summed E-state index contributed by atoms with van der Waals surface area (Å²) in [5.41, 5.74) is 12.0. The van der Waals surface area contributed by atoms with E-state index >= 15 is 0 Å². The van der Waals surface area contributed by atoms with Crippen LogP contribution in [0.5, 0.6) is 0 Å². The largest absolute Gasteiger partial charge is 0.366 e. The van der Waals surface area contributed by atoms with Crippen molar-refractivity contribution in [2.24, 2.45) is 11.5 Å². The predicted molar refractivity (Wildman–Crippen MR) is 64.6 cm³/mol. The summed E-state index contributed by atoms with van der Waals surface area (Å²) in [7, 11) is 0. The fraction of sp³-hybridized carbons (Fsp3) is 0.167. The van der Waals surface area contributed by atoms with Gasteiger partial charge < -0.3 is 11.5 Å². The monoisotopic (exact) mass is 248 g/mol. The average molecular weight is 248 g/mol. The maximum absolute atomic E-state index is 13.7. The third-order valence-corrected chi connectivity index (χ3v) is 2.60. The number of carbonyl (C=O) groups excluding carboxylic acids is 1. The van der Waals surface area contributed by atoms with Gasteiger partial charge in [0.15, 0.2) is 0 Å². The molecule has 0 aliphatic carbocycles. The highest BCUT2D eigenvalue weighted by molar-refractivity contribution is 5.92. The number of amides is 1. The molecule has 2 rings (SSSR count). The molecule has 1 aromatic carbocycles. The molecule has 4 N–H and O–H groups in total. The van der Waals surface area contributed by atoms with Gasteiger partial charge in [-0.1, -0.05) is 6.07 Å². The summed E-state index contributed by atoms with van der Waals surface area (Å²) >= 11 is 0. The van der Waals surface area contributed by atoms with E-state index in [0.717, 1.165) is 0 Å². The third kappa shape index (κ3) is 2.10. The normalized spacial score (nSPS) is 12.4. The minimum absolute atomic E-state index is 0.259. The molecule has 1 atom stereocenters. The van der Waals surface area contributed by atoms with E-state index < -0.39 is 17.8 Å². The summed E-state index contributed by atoms with van der Waals surface area (Å²) in [6, 6.07) is 4.09. The Hall–Kier alpha value is -2.21. The van der Waals surface area contributed by atoms with Gasteiger partial charge in [-0.2, -0.15) is 5.10 Å². The van der Waals surface area contributed by atoms with Crippen molar-refractivity contribution in [1.82, 2.24) is 9.78 Å². The molecule has 0 aliphatic heterocycles. The quantitative estimate of drug-likeness (QED) is 0.853. The van der Waals surface area contributed by atoms with Gasteiger partial charge in [-0.3, -0.25) is 4.79 Å². The first-order valence-electron chi connectivity index (χ1n) is 5.39. The number of hydrogen-bond acceptors (Lipinski definition) is 3. The number of rotatable bonds is 3. The highest BCUT2D eigenvalue weighted by Crippen LogP contribution is 2.23. The molecule has 0 aliphatic rings. The number of benzene rings is 1. The van der Waals surface area contributed by atoms with Gasteiger partial charge in [0.1, 0.15) is 5.82 Å². The number of halogens is 1. The highest BCUT2D eigenvalue weighted by atomic mass is 19.1. The van der Waals surface area contributed by atoms with E-state index in [1.165, 1.54) is 23.1 Å². The summed E-state index contributed by atoms with van der Waals surface area (Å²) < 4.78 is 15.1. The molecule has 1 amide bonds. The van der Waals surface area contributed by atoms with Crippen LogP contribution >= 0.6 is 0 Å². The van der Waals surface area contributed by atoms with Crippen LogP contribution in [-0.4, -0.2) is 15.7 Å². The molecular weight excluding hydrogens is 235 g/mol. The lowest BCUT2D eigenvalue weighted by Crippen LogP contribution is -2.13. The van der Waals surface area contributed by atoms with Crippen LogP contribution in [0.15, 0.2) is 30.6 Å². The Morgan fingerprint density at radius 3 is 2.78 bits per heavy atom. The first kappa shape index (κ1) is 12.3. The zero-order valence-electron chi connectivity index (χ0n) is 9.80. The highest BCUT2D eigenvalue weighted by Gasteiger charge is 2.15. The van der Waals surface area contributed by atoms with E-state index in [2.05, 4.69) is 5.10 Å². The van der Waals surface area contributed by atoms with Crippen molar-refractivity contribution in [2.75, 3.05) is 0 Å². The average Bonchev–Trinajstić information content (AvgIpc) is 2.77. The summed E-state index contributed by atoms with van der Waals surface area (Å²) in [5, 5.41) is 3.99. The van der Waals surface area contributed by atoms with Crippen molar-refractivity contribution >= 4 is 5.91 Å². The molecule has 0 spiro atoms. The fourth-order valence-corrected chi connectivity index (χ4v) is 1.76. The molecule has 1 aromatic heterocycles. The molecule has 94 valence electrons. The van der Waals surface area contributed by atoms with Crippen LogP contribution in [-0.2, 0) is 0 Å².